The van der Waals surface area contributed by atoms with Crippen LogP contribution in [-0.2, 0) is 14.4 Å². The highest BCUT2D eigenvalue weighted by Gasteiger charge is 2.93. The van der Waals surface area contributed by atoms with Crippen LogP contribution in [0.15, 0.2) is 36.4 Å². The van der Waals surface area contributed by atoms with Gasteiger partial charge in [0.05, 0.1) is 39.1 Å². The van der Waals surface area contributed by atoms with Gasteiger partial charge in [-0.05, 0) is 88.0 Å². The van der Waals surface area contributed by atoms with Gasteiger partial charge in [-0.25, -0.2) is 0 Å². The fourth-order valence-electron chi connectivity index (χ4n) is 11.5. The standard InChI is InChI=1S/C72H75F39O9/c1-4-7-10-13-16-19-22-31-115-46-34-40-43(37-49(46)118-52(112)25-28-55(73,74)58(79,80)61(85,86)64(91,92)67(97,98)70(103,104)105)41-35-47(116-32-23-20-17-14-11-8-5-2)51(120-54(114)27-30-57(77,78)60(83,84)63(89,90)66(95,96)69(101,102)72(109,110)111)39-45(41)42-36-48(117-33-24-21-18-15-12-9-6-3)50(38-44(40)42)119-53(113)26-29-56(75,76)59(81,82)62(87,88)65(93,94)68(99,100)71(106,107)108/h34-39H,4-33H2,1-3H3. The normalized spacial score (nSPS) is 14.3. The van der Waals surface area contributed by atoms with Crippen molar-refractivity contribution in [3.63, 3.8) is 0 Å². The molecule has 9 nitrogen and oxygen atoms in total. The van der Waals surface area contributed by atoms with Gasteiger partial charge in [-0.2, -0.15) is 171 Å². The Balaban J connectivity index is 2.21. The number of hydrogen-bond acceptors (Lipinski definition) is 9. The lowest BCUT2D eigenvalue weighted by molar-refractivity contribution is -0.440. The summed E-state index contributed by atoms with van der Waals surface area (Å²) in [6.07, 6.45) is -31.2. The van der Waals surface area contributed by atoms with Crippen molar-refractivity contribution in [3.8, 4) is 34.5 Å². The van der Waals surface area contributed by atoms with Gasteiger partial charge in [-0.1, -0.05) is 136 Å². The molecular formula is C72H75F39O9. The van der Waals surface area contributed by atoms with Crippen molar-refractivity contribution in [3.05, 3.63) is 36.4 Å². The first-order valence-electron chi connectivity index (χ1n) is 36.4. The number of halogens is 39. The topological polar surface area (TPSA) is 107 Å². The maximum Gasteiger partial charge on any atom is 0.460 e. The molecule has 4 aromatic rings. The summed E-state index contributed by atoms with van der Waals surface area (Å²) < 4.78 is 585. The van der Waals surface area contributed by atoms with E-state index in [0.717, 1.165) is 19.3 Å². The number of carbonyl (C=O) groups excluding carboxylic acids is 3. The summed E-state index contributed by atoms with van der Waals surface area (Å²) in [5, 5.41) is -3.94. The third-order valence-corrected chi connectivity index (χ3v) is 18.7. The van der Waals surface area contributed by atoms with Crippen LogP contribution in [0.2, 0.25) is 0 Å². The molecule has 0 aromatic heterocycles. The van der Waals surface area contributed by atoms with Crippen LogP contribution in [0.1, 0.15) is 194 Å². The van der Waals surface area contributed by atoms with Gasteiger partial charge in [0.25, 0.3) is 0 Å². The van der Waals surface area contributed by atoms with Crippen LogP contribution in [-0.4, -0.2) is 145 Å². The highest BCUT2D eigenvalue weighted by Crippen LogP contribution is 2.65. The molecule has 0 radical (unpaired) electrons. The average Bonchev–Trinajstić information content (AvgIpc) is 0.732. The van der Waals surface area contributed by atoms with Gasteiger partial charge < -0.3 is 28.4 Å². The number of carbonyl (C=O) groups is 3. The Kier molecular flexibility index (Phi) is 34.0. The van der Waals surface area contributed by atoms with Crippen molar-refractivity contribution in [1.82, 2.24) is 0 Å². The second kappa shape index (κ2) is 38.9. The summed E-state index contributed by atoms with van der Waals surface area (Å²) in [5.74, 6) is -134. The molecule has 0 saturated heterocycles. The number of esters is 3. The molecule has 120 heavy (non-hydrogen) atoms. The highest BCUT2D eigenvalue weighted by molar-refractivity contribution is 6.27. The smallest absolute Gasteiger partial charge is 0.460 e. The number of unbranched alkanes of at least 4 members (excludes halogenated alkanes) is 18. The molecule has 0 spiro atoms. The van der Waals surface area contributed by atoms with Crippen LogP contribution < -0.4 is 28.4 Å². The van der Waals surface area contributed by atoms with Crippen molar-refractivity contribution < 1.29 is 214 Å². The van der Waals surface area contributed by atoms with E-state index in [0.29, 0.717) is 113 Å². The van der Waals surface area contributed by atoms with E-state index in [1.165, 1.54) is 0 Å². The molecule has 0 heterocycles. The van der Waals surface area contributed by atoms with Gasteiger partial charge in [0.2, 0.25) is 0 Å². The number of alkyl halides is 39. The highest BCUT2D eigenvalue weighted by atomic mass is 19.5. The molecule has 0 aliphatic heterocycles. The molecule has 0 bridgehead atoms. The van der Waals surface area contributed by atoms with E-state index in [1.807, 2.05) is 20.8 Å². The number of fused-ring (bicyclic) bond motifs is 6. The van der Waals surface area contributed by atoms with E-state index in [2.05, 4.69) is 0 Å². The predicted octanol–water partition coefficient (Wildman–Crippen LogP) is 27.8. The maximum absolute atomic E-state index is 15.2. The molecule has 48 heteroatoms. The zero-order valence-corrected chi connectivity index (χ0v) is 62.6. The first-order valence-corrected chi connectivity index (χ1v) is 36.4. The van der Waals surface area contributed by atoms with Crippen molar-refractivity contribution in [2.24, 2.45) is 0 Å². The van der Waals surface area contributed by atoms with Crippen molar-refractivity contribution in [2.45, 2.75) is 302 Å². The zero-order valence-electron chi connectivity index (χ0n) is 62.6. The molecule has 0 aliphatic rings. The van der Waals surface area contributed by atoms with E-state index in [1.54, 1.807) is 0 Å². The van der Waals surface area contributed by atoms with Gasteiger partial charge in [0.15, 0.2) is 34.5 Å². The van der Waals surface area contributed by atoms with E-state index in [-0.39, 0.29) is 38.5 Å². The monoisotopic (exact) mass is 1820 g/mol. The van der Waals surface area contributed by atoms with Crippen LogP contribution in [0.5, 0.6) is 34.5 Å². The van der Waals surface area contributed by atoms with Crippen LogP contribution in [0.3, 0.4) is 0 Å². The summed E-state index contributed by atoms with van der Waals surface area (Å²) in [6.45, 7) is 3.65. The lowest BCUT2D eigenvalue weighted by atomic mass is 9.92. The minimum atomic E-state index is -8.42. The van der Waals surface area contributed by atoms with Crippen molar-refractivity contribution >= 4 is 50.2 Å². The molecule has 4 rings (SSSR count). The Hall–Kier alpha value is -7.26. The van der Waals surface area contributed by atoms with Crippen LogP contribution >= 0.6 is 0 Å². The average molecular weight is 1830 g/mol. The second-order valence-corrected chi connectivity index (χ2v) is 27.9. The molecule has 0 aliphatic carbocycles. The molecule has 0 saturated carbocycles. The third kappa shape index (κ3) is 21.7. The quantitative estimate of drug-likeness (QED) is 0.0140. The summed E-state index contributed by atoms with van der Waals surface area (Å²) in [7, 11) is 0. The van der Waals surface area contributed by atoms with E-state index < -0.39 is 250 Å². The molecule has 0 fully saturated rings. The lowest BCUT2D eigenvalue weighted by Gasteiger charge is -2.39. The number of hydrogen-bond donors (Lipinski definition) is 0. The van der Waals surface area contributed by atoms with Gasteiger partial charge in [-0.15, -0.1) is 0 Å². The van der Waals surface area contributed by atoms with Gasteiger partial charge in [-0.3, -0.25) is 14.4 Å². The van der Waals surface area contributed by atoms with Gasteiger partial charge in [0, 0.05) is 19.3 Å². The SMILES string of the molecule is CCCCCCCCCOc1cc2c(cc1OC(=O)CCC(F)(F)C(F)(F)C(F)(F)C(F)(F)C(F)(F)C(F)(F)F)c1cc(OCCCCCCCCC)c(OC(=O)CCC(F)(F)C(F)(F)C(F)(F)C(F)(F)C(F)(F)C(F)(F)F)cc1c1cc(OCCCCCCCCC)c(OC(=O)CCC(F)(F)C(F)(F)C(F)(F)C(F)(F)C(F)(F)C(F)(F)F)cc21. The Morgan fingerprint density at radius 2 is 0.375 bits per heavy atom. The maximum atomic E-state index is 15.2. The first kappa shape index (κ1) is 105. The van der Waals surface area contributed by atoms with Crippen LogP contribution in [0, 0.1) is 0 Å². The number of rotatable bonds is 51. The van der Waals surface area contributed by atoms with Crippen molar-refractivity contribution in [1.29, 1.82) is 0 Å². The van der Waals surface area contributed by atoms with E-state index in [9.17, 15) is 159 Å². The molecule has 690 valence electrons. The zero-order chi connectivity index (χ0) is 92.4. The Morgan fingerprint density at radius 1 is 0.217 bits per heavy atom. The van der Waals surface area contributed by atoms with E-state index >= 15 is 26.3 Å². The number of ether oxygens (including phenoxy) is 6. The van der Waals surface area contributed by atoms with Crippen LogP contribution in [0.25, 0.3) is 32.3 Å². The summed E-state index contributed by atoms with van der Waals surface area (Å²) in [5.41, 5.74) is 0. The second-order valence-electron chi connectivity index (χ2n) is 27.9. The summed E-state index contributed by atoms with van der Waals surface area (Å²) >= 11 is 0. The molecule has 0 amide bonds. The lowest BCUT2D eigenvalue weighted by Crippen LogP contribution is -2.70. The minimum absolute atomic E-state index is 0.0710. The minimum Gasteiger partial charge on any atom is -0.490 e. The molecule has 0 unspecified atom stereocenters. The molecule has 0 N–H and O–H groups in total. The largest absolute Gasteiger partial charge is 0.490 e. The fraction of sp³-hybridized carbons (Fsp3) is 0.708. The summed E-state index contributed by atoms with van der Waals surface area (Å²) in [6, 6.07) is 3.51. The Labute approximate surface area is 655 Å². The molecule has 0 atom stereocenters. The Morgan fingerprint density at radius 3 is 0.550 bits per heavy atom. The Bertz CT molecular complexity index is 3620. The summed E-state index contributed by atoms with van der Waals surface area (Å²) in [4.78, 5) is 40.9. The first-order chi connectivity index (χ1) is 54.5. The predicted molar refractivity (Wildman–Crippen MR) is 346 cm³/mol. The van der Waals surface area contributed by atoms with Crippen molar-refractivity contribution in [2.75, 3.05) is 19.8 Å². The number of benzene rings is 4. The fourth-order valence-corrected chi connectivity index (χ4v) is 11.5. The molecular weight excluding hydrogens is 1750 g/mol. The van der Waals surface area contributed by atoms with Crippen LogP contribution in [0.4, 0.5) is 171 Å². The molecule has 4 aromatic carbocycles. The van der Waals surface area contributed by atoms with E-state index in [4.69, 9.17) is 28.4 Å². The van der Waals surface area contributed by atoms with Gasteiger partial charge in [0.1, 0.15) is 0 Å². The third-order valence-electron chi connectivity index (χ3n) is 18.7. The van der Waals surface area contributed by atoms with Gasteiger partial charge >= 0.3 is 125 Å².